The number of esters is 1. The van der Waals surface area contributed by atoms with E-state index < -0.39 is 6.04 Å². The van der Waals surface area contributed by atoms with E-state index in [9.17, 15) is 9.59 Å². The summed E-state index contributed by atoms with van der Waals surface area (Å²) in [6.45, 7) is 7.05. The first kappa shape index (κ1) is 24.5. The molecule has 1 aromatic rings. The molecule has 1 amide bonds. The van der Waals surface area contributed by atoms with Gasteiger partial charge in [0.1, 0.15) is 6.04 Å². The quantitative estimate of drug-likeness (QED) is 0.563. The van der Waals surface area contributed by atoms with Crippen molar-refractivity contribution in [3.8, 4) is 0 Å². The van der Waals surface area contributed by atoms with Crippen LogP contribution in [0.25, 0.3) is 0 Å². The summed E-state index contributed by atoms with van der Waals surface area (Å²) >= 11 is 6.05. The highest BCUT2D eigenvalue weighted by Crippen LogP contribution is 2.29. The lowest BCUT2D eigenvalue weighted by molar-refractivity contribution is -0.151. The van der Waals surface area contributed by atoms with Gasteiger partial charge in [0.05, 0.1) is 20.3 Å². The highest BCUT2D eigenvalue weighted by molar-refractivity contribution is 6.30. The molecule has 3 atom stereocenters. The van der Waals surface area contributed by atoms with Crippen LogP contribution in [-0.2, 0) is 25.6 Å². The monoisotopic (exact) mass is 477 g/mol. The second kappa shape index (κ2) is 11.6. The van der Waals surface area contributed by atoms with Crippen molar-refractivity contribution in [1.82, 2.24) is 14.7 Å². The lowest BCUT2D eigenvalue weighted by atomic mass is 9.86. The van der Waals surface area contributed by atoms with Gasteiger partial charge in [-0.25, -0.2) is 4.79 Å². The molecule has 0 bridgehead atoms. The second-order valence-corrected chi connectivity index (χ2v) is 9.87. The number of rotatable bonds is 7. The molecule has 3 heterocycles. The van der Waals surface area contributed by atoms with E-state index in [1.54, 1.807) is 4.90 Å². The number of ether oxygens (including phenoxy) is 2. The van der Waals surface area contributed by atoms with Gasteiger partial charge in [0.15, 0.2) is 0 Å². The molecule has 8 heteroatoms. The summed E-state index contributed by atoms with van der Waals surface area (Å²) in [5.41, 5.74) is 1.26. The fraction of sp³-hybridized carbons (Fsp3) is 0.680. The molecule has 182 valence electrons. The van der Waals surface area contributed by atoms with Crippen LogP contribution >= 0.6 is 11.6 Å². The Morgan fingerprint density at radius 3 is 2.58 bits per heavy atom. The summed E-state index contributed by atoms with van der Waals surface area (Å²) < 4.78 is 10.5. The van der Waals surface area contributed by atoms with E-state index in [2.05, 4.69) is 21.9 Å². The lowest BCUT2D eigenvalue weighted by Gasteiger charge is -2.45. The van der Waals surface area contributed by atoms with Gasteiger partial charge in [-0.05, 0) is 55.8 Å². The smallest absolute Gasteiger partial charge is 0.328 e. The fourth-order valence-corrected chi connectivity index (χ4v) is 5.79. The molecule has 0 aromatic heterocycles. The third-order valence-corrected chi connectivity index (χ3v) is 7.64. The highest BCUT2D eigenvalue weighted by Gasteiger charge is 2.37. The summed E-state index contributed by atoms with van der Waals surface area (Å²) in [4.78, 5) is 31.9. The Morgan fingerprint density at radius 1 is 1.09 bits per heavy atom. The maximum absolute atomic E-state index is 13.1. The van der Waals surface area contributed by atoms with Crippen LogP contribution in [0.4, 0.5) is 0 Å². The minimum absolute atomic E-state index is 0.0819. The molecule has 0 saturated carbocycles. The van der Waals surface area contributed by atoms with Crippen LogP contribution in [-0.4, -0.2) is 91.7 Å². The van der Waals surface area contributed by atoms with Crippen LogP contribution in [0.1, 0.15) is 37.7 Å². The Bertz CT molecular complexity index is 799. The molecular formula is C25H36ClN3O4. The van der Waals surface area contributed by atoms with Gasteiger partial charge in [-0.2, -0.15) is 0 Å². The van der Waals surface area contributed by atoms with E-state index >= 15 is 0 Å². The van der Waals surface area contributed by atoms with Crippen LogP contribution in [0, 0.1) is 5.92 Å². The number of carbonyl (C=O) groups excluding carboxylic acids is 2. The molecule has 3 fully saturated rings. The van der Waals surface area contributed by atoms with Crippen molar-refractivity contribution in [2.45, 2.75) is 50.7 Å². The lowest BCUT2D eigenvalue weighted by Crippen LogP contribution is -2.54. The number of benzene rings is 1. The van der Waals surface area contributed by atoms with Gasteiger partial charge < -0.3 is 14.4 Å². The second-order valence-electron chi connectivity index (χ2n) is 9.43. The molecule has 33 heavy (non-hydrogen) atoms. The molecule has 0 unspecified atom stereocenters. The van der Waals surface area contributed by atoms with E-state index in [0.717, 1.165) is 70.2 Å². The maximum atomic E-state index is 13.1. The Labute approximate surface area is 201 Å². The van der Waals surface area contributed by atoms with Crippen molar-refractivity contribution < 1.29 is 19.1 Å². The minimum atomic E-state index is -0.412. The topological polar surface area (TPSA) is 62.3 Å². The predicted molar refractivity (Wildman–Crippen MR) is 127 cm³/mol. The van der Waals surface area contributed by atoms with E-state index in [-0.39, 0.29) is 11.9 Å². The summed E-state index contributed by atoms with van der Waals surface area (Å²) in [6.07, 6.45) is 3.98. The fourth-order valence-electron chi connectivity index (χ4n) is 5.66. The number of piperidine rings is 1. The number of likely N-dealkylation sites (tertiary alicyclic amines) is 2. The summed E-state index contributed by atoms with van der Waals surface area (Å²) in [5.74, 6) is 0.199. The summed E-state index contributed by atoms with van der Waals surface area (Å²) in [6, 6.07) is 8.14. The van der Waals surface area contributed by atoms with Crippen molar-refractivity contribution >= 4 is 23.5 Å². The molecule has 3 aliphatic rings. The maximum Gasteiger partial charge on any atom is 0.328 e. The van der Waals surface area contributed by atoms with E-state index in [1.807, 2.05) is 12.1 Å². The Hall–Kier alpha value is -1.67. The predicted octanol–water partition coefficient (Wildman–Crippen LogP) is 2.81. The third kappa shape index (κ3) is 6.27. The Kier molecular flexibility index (Phi) is 8.63. The van der Waals surface area contributed by atoms with E-state index in [4.69, 9.17) is 21.1 Å². The van der Waals surface area contributed by atoms with Crippen LogP contribution < -0.4 is 0 Å². The van der Waals surface area contributed by atoms with Gasteiger partial charge in [-0.3, -0.25) is 14.6 Å². The average Bonchev–Trinajstić information content (AvgIpc) is 3.34. The first-order chi connectivity index (χ1) is 16.0. The van der Waals surface area contributed by atoms with Crippen LogP contribution in [0.15, 0.2) is 24.3 Å². The van der Waals surface area contributed by atoms with Gasteiger partial charge in [0, 0.05) is 50.2 Å². The molecule has 4 rings (SSSR count). The molecule has 0 spiro atoms. The normalized spacial score (nSPS) is 27.0. The van der Waals surface area contributed by atoms with E-state index in [1.165, 1.54) is 12.7 Å². The molecule has 0 N–H and O–H groups in total. The van der Waals surface area contributed by atoms with Crippen molar-refractivity contribution in [2.24, 2.45) is 5.92 Å². The molecule has 1 aromatic carbocycles. The third-order valence-electron chi connectivity index (χ3n) is 7.39. The minimum Gasteiger partial charge on any atom is -0.467 e. The Morgan fingerprint density at radius 2 is 1.85 bits per heavy atom. The number of nitrogens with zero attached hydrogens (tertiary/aromatic N) is 3. The first-order valence-corrected chi connectivity index (χ1v) is 12.6. The summed E-state index contributed by atoms with van der Waals surface area (Å²) in [7, 11) is 1.40. The number of carbonyl (C=O) groups is 2. The Balaban J connectivity index is 1.39. The largest absolute Gasteiger partial charge is 0.467 e. The SMILES string of the molecule is COC(=O)[C@@H]1CCCN1C(=O)CC[C@H]1CN(Cc2ccc(Cl)cc2)CC[C@H]1N1CCOCC1. The standard InChI is InChI=1S/C25H36ClN3O4/c1-32-25(31)23-3-2-11-29(23)24(30)9-6-20-18-27(17-19-4-7-21(26)8-5-19)12-10-22(20)28-13-15-33-16-14-28/h4-5,7-8,20,22-23H,2-3,6,9-18H2,1H3/t20-,22+,23-/m0/s1. The molecule has 0 aliphatic carbocycles. The van der Waals surface area contributed by atoms with Crippen LogP contribution in [0.2, 0.25) is 5.02 Å². The number of amides is 1. The van der Waals surface area contributed by atoms with Crippen molar-refractivity contribution in [3.63, 3.8) is 0 Å². The van der Waals surface area contributed by atoms with Crippen LogP contribution in [0.3, 0.4) is 0 Å². The first-order valence-electron chi connectivity index (χ1n) is 12.2. The molecular weight excluding hydrogens is 442 g/mol. The highest BCUT2D eigenvalue weighted by atomic mass is 35.5. The van der Waals surface area contributed by atoms with Gasteiger partial charge in [0.25, 0.3) is 0 Å². The molecule has 3 saturated heterocycles. The zero-order valence-corrected chi connectivity index (χ0v) is 20.3. The van der Waals surface area contributed by atoms with Crippen molar-refractivity contribution in [1.29, 1.82) is 0 Å². The van der Waals surface area contributed by atoms with Gasteiger partial charge >= 0.3 is 5.97 Å². The van der Waals surface area contributed by atoms with Crippen molar-refractivity contribution in [3.05, 3.63) is 34.9 Å². The average molecular weight is 478 g/mol. The van der Waals surface area contributed by atoms with E-state index in [0.29, 0.717) is 31.3 Å². The number of morpholine rings is 1. The molecule has 3 aliphatic heterocycles. The zero-order valence-electron chi connectivity index (χ0n) is 19.6. The molecule has 7 nitrogen and oxygen atoms in total. The van der Waals surface area contributed by atoms with Gasteiger partial charge in [-0.15, -0.1) is 0 Å². The summed E-state index contributed by atoms with van der Waals surface area (Å²) in [5, 5.41) is 0.758. The zero-order chi connectivity index (χ0) is 23.2. The number of halogens is 1. The number of hydrogen-bond acceptors (Lipinski definition) is 6. The van der Waals surface area contributed by atoms with Crippen LogP contribution in [0.5, 0.6) is 0 Å². The van der Waals surface area contributed by atoms with Crippen molar-refractivity contribution in [2.75, 3.05) is 53.0 Å². The van der Waals surface area contributed by atoms with Gasteiger partial charge in [-0.1, -0.05) is 23.7 Å². The number of methoxy groups -OCH3 is 1. The number of hydrogen-bond donors (Lipinski definition) is 0. The molecule has 0 radical (unpaired) electrons. The van der Waals surface area contributed by atoms with Gasteiger partial charge in [0.2, 0.25) is 5.91 Å².